The van der Waals surface area contributed by atoms with Crippen molar-refractivity contribution in [3.05, 3.63) is 114 Å². The first-order valence-corrected chi connectivity index (χ1v) is 12.8. The van der Waals surface area contributed by atoms with Crippen LogP contribution in [0.3, 0.4) is 0 Å². The SMILES string of the molecule is COc1ccc([C@@H]2C(C(=O)Nc3ccccc3)=C(C)N=c3s/c(=C/c4cc(C)n(C)c4C)c(=O)n32)cc1. The minimum atomic E-state index is -0.633. The van der Waals surface area contributed by atoms with E-state index in [0.717, 1.165) is 22.5 Å². The largest absolute Gasteiger partial charge is 0.497 e. The van der Waals surface area contributed by atoms with Gasteiger partial charge in [0.05, 0.1) is 29.0 Å². The van der Waals surface area contributed by atoms with Crippen molar-refractivity contribution < 1.29 is 9.53 Å². The summed E-state index contributed by atoms with van der Waals surface area (Å²) >= 11 is 1.34. The zero-order chi connectivity index (χ0) is 26.3. The van der Waals surface area contributed by atoms with Crippen LogP contribution in [0, 0.1) is 13.8 Å². The number of allylic oxidation sites excluding steroid dienone is 1. The van der Waals surface area contributed by atoms with Gasteiger partial charge in [0.25, 0.3) is 11.5 Å². The molecule has 5 rings (SSSR count). The van der Waals surface area contributed by atoms with Crippen LogP contribution in [0.15, 0.2) is 81.7 Å². The van der Waals surface area contributed by atoms with Gasteiger partial charge < -0.3 is 14.6 Å². The Labute approximate surface area is 218 Å². The molecule has 7 nitrogen and oxygen atoms in total. The zero-order valence-corrected chi connectivity index (χ0v) is 22.2. The van der Waals surface area contributed by atoms with Crippen molar-refractivity contribution in [1.29, 1.82) is 0 Å². The summed E-state index contributed by atoms with van der Waals surface area (Å²) in [5, 5.41) is 2.97. The van der Waals surface area contributed by atoms with Crippen LogP contribution >= 0.6 is 11.3 Å². The average Bonchev–Trinajstić information content (AvgIpc) is 3.33. The standard InChI is InChI=1S/C29H28N4O3S/c1-17-15-21(19(3)32(17)4)16-24-28(35)33-26(20-11-13-23(36-5)14-12-20)25(18(2)30-29(33)37-24)27(34)31-22-9-7-6-8-10-22/h6-16,26H,1-5H3,(H,31,34)/b24-16+/t26-/m1/s1. The van der Waals surface area contributed by atoms with Crippen LogP contribution in [0.1, 0.15) is 35.5 Å². The molecular weight excluding hydrogens is 484 g/mol. The Balaban J connectivity index is 1.69. The molecule has 0 saturated carbocycles. The number of nitrogens with zero attached hydrogens (tertiary/aromatic N) is 3. The third kappa shape index (κ3) is 4.44. The number of fused-ring (bicyclic) bond motifs is 1. The van der Waals surface area contributed by atoms with Crippen molar-refractivity contribution >= 4 is 29.0 Å². The number of para-hydroxylation sites is 1. The van der Waals surface area contributed by atoms with Gasteiger partial charge in [-0.3, -0.25) is 14.2 Å². The van der Waals surface area contributed by atoms with Crippen molar-refractivity contribution in [1.82, 2.24) is 9.13 Å². The van der Waals surface area contributed by atoms with E-state index in [1.165, 1.54) is 11.3 Å². The Kier molecular flexibility index (Phi) is 6.43. The number of ether oxygens (including phenoxy) is 1. The molecule has 8 heteroatoms. The van der Waals surface area contributed by atoms with Gasteiger partial charge in [0.15, 0.2) is 4.80 Å². The maximum Gasteiger partial charge on any atom is 0.271 e. The van der Waals surface area contributed by atoms with Gasteiger partial charge >= 0.3 is 0 Å². The van der Waals surface area contributed by atoms with E-state index in [9.17, 15) is 9.59 Å². The summed E-state index contributed by atoms with van der Waals surface area (Å²) in [5.74, 6) is 0.402. The lowest BCUT2D eigenvalue weighted by atomic mass is 9.95. The van der Waals surface area contributed by atoms with Crippen LogP contribution in [0.5, 0.6) is 5.75 Å². The molecule has 0 fully saturated rings. The molecule has 0 spiro atoms. The van der Waals surface area contributed by atoms with Gasteiger partial charge in [0.1, 0.15) is 5.75 Å². The average molecular weight is 513 g/mol. The molecule has 0 saturated heterocycles. The lowest BCUT2D eigenvalue weighted by Gasteiger charge is -2.25. The highest BCUT2D eigenvalue weighted by Gasteiger charge is 2.32. The van der Waals surface area contributed by atoms with E-state index in [-0.39, 0.29) is 11.5 Å². The van der Waals surface area contributed by atoms with E-state index in [4.69, 9.17) is 9.73 Å². The number of nitrogens with one attached hydrogen (secondary N) is 1. The minimum Gasteiger partial charge on any atom is -0.497 e. The number of aryl methyl sites for hydroxylation is 1. The summed E-state index contributed by atoms with van der Waals surface area (Å²) < 4.78 is 9.64. The normalized spacial score (nSPS) is 15.4. The second kappa shape index (κ2) is 9.71. The first kappa shape index (κ1) is 24.5. The molecule has 0 bridgehead atoms. The number of aromatic nitrogens is 2. The number of methoxy groups -OCH3 is 1. The molecule has 2 aromatic heterocycles. The second-order valence-corrected chi connectivity index (χ2v) is 10.1. The molecule has 37 heavy (non-hydrogen) atoms. The monoisotopic (exact) mass is 512 g/mol. The van der Waals surface area contributed by atoms with Crippen molar-refractivity contribution in [3.8, 4) is 5.75 Å². The lowest BCUT2D eigenvalue weighted by Crippen LogP contribution is -2.40. The third-order valence-corrected chi connectivity index (χ3v) is 7.81. The van der Waals surface area contributed by atoms with Crippen LogP contribution in [-0.2, 0) is 11.8 Å². The molecule has 0 radical (unpaired) electrons. The van der Waals surface area contributed by atoms with E-state index in [1.54, 1.807) is 11.7 Å². The molecule has 188 valence electrons. The van der Waals surface area contributed by atoms with Gasteiger partial charge in [-0.25, -0.2) is 4.99 Å². The predicted octanol–water partition coefficient (Wildman–Crippen LogP) is 3.84. The molecule has 1 amide bonds. The molecule has 3 heterocycles. The first-order valence-electron chi connectivity index (χ1n) is 11.9. The van der Waals surface area contributed by atoms with Gasteiger partial charge in [-0.15, -0.1) is 0 Å². The fraction of sp³-hybridized carbons (Fsp3) is 0.207. The first-order chi connectivity index (χ1) is 17.8. The number of hydrogen-bond donors (Lipinski definition) is 1. The molecule has 0 unspecified atom stereocenters. The summed E-state index contributed by atoms with van der Waals surface area (Å²) in [6, 6.07) is 18.2. The fourth-order valence-electron chi connectivity index (χ4n) is 4.61. The van der Waals surface area contributed by atoms with Gasteiger partial charge in [-0.1, -0.05) is 41.7 Å². The molecule has 2 aromatic carbocycles. The van der Waals surface area contributed by atoms with Crippen molar-refractivity contribution in [3.63, 3.8) is 0 Å². The number of hydrogen-bond acceptors (Lipinski definition) is 5. The molecule has 1 aliphatic rings. The Morgan fingerprint density at radius 2 is 1.78 bits per heavy atom. The summed E-state index contributed by atoms with van der Waals surface area (Å²) in [4.78, 5) is 32.8. The number of amides is 1. The topological polar surface area (TPSA) is 77.6 Å². The Bertz CT molecular complexity index is 1710. The van der Waals surface area contributed by atoms with Gasteiger partial charge in [-0.2, -0.15) is 0 Å². The molecule has 4 aromatic rings. The van der Waals surface area contributed by atoms with Crippen LogP contribution in [0.2, 0.25) is 0 Å². The maximum absolute atomic E-state index is 13.9. The van der Waals surface area contributed by atoms with Gasteiger partial charge in [0.2, 0.25) is 0 Å². The number of carbonyl (C=O) groups excluding carboxylic acids is 1. The van der Waals surface area contributed by atoms with E-state index in [0.29, 0.717) is 32.0 Å². The molecule has 1 atom stereocenters. The van der Waals surface area contributed by atoms with Crippen molar-refractivity contribution in [2.24, 2.45) is 12.0 Å². The van der Waals surface area contributed by atoms with E-state index >= 15 is 0 Å². The number of rotatable bonds is 5. The maximum atomic E-state index is 13.9. The van der Waals surface area contributed by atoms with E-state index < -0.39 is 6.04 Å². The summed E-state index contributed by atoms with van der Waals surface area (Å²) in [5.41, 5.74) is 5.49. The Hall–Kier alpha value is -4.17. The van der Waals surface area contributed by atoms with Gasteiger partial charge in [0, 0.05) is 24.1 Å². The molecular formula is C29H28N4O3S. The van der Waals surface area contributed by atoms with Crippen molar-refractivity contribution in [2.75, 3.05) is 12.4 Å². The highest BCUT2D eigenvalue weighted by atomic mass is 32.1. The number of carbonyl (C=O) groups is 1. The fourth-order valence-corrected chi connectivity index (χ4v) is 5.64. The van der Waals surface area contributed by atoms with Crippen LogP contribution in [0.4, 0.5) is 5.69 Å². The smallest absolute Gasteiger partial charge is 0.271 e. The summed E-state index contributed by atoms with van der Waals surface area (Å²) in [6.45, 7) is 5.89. The molecule has 1 aliphatic heterocycles. The minimum absolute atomic E-state index is 0.178. The third-order valence-electron chi connectivity index (χ3n) is 6.83. The highest BCUT2D eigenvalue weighted by molar-refractivity contribution is 7.07. The Morgan fingerprint density at radius 3 is 2.41 bits per heavy atom. The lowest BCUT2D eigenvalue weighted by molar-refractivity contribution is -0.113. The van der Waals surface area contributed by atoms with Crippen LogP contribution in [0.25, 0.3) is 6.08 Å². The quantitative estimate of drug-likeness (QED) is 0.442. The summed E-state index contributed by atoms with van der Waals surface area (Å²) in [6.07, 6.45) is 1.92. The molecule has 0 aliphatic carbocycles. The van der Waals surface area contributed by atoms with E-state index in [2.05, 4.69) is 16.0 Å². The molecule has 1 N–H and O–H groups in total. The zero-order valence-electron chi connectivity index (χ0n) is 21.4. The summed E-state index contributed by atoms with van der Waals surface area (Å²) in [7, 11) is 3.61. The van der Waals surface area contributed by atoms with Crippen LogP contribution in [-0.4, -0.2) is 22.2 Å². The second-order valence-electron chi connectivity index (χ2n) is 9.06. The number of thiazole rings is 1. The predicted molar refractivity (Wildman–Crippen MR) is 147 cm³/mol. The van der Waals surface area contributed by atoms with Crippen LogP contribution < -0.4 is 24.9 Å². The number of anilines is 1. The number of benzene rings is 2. The van der Waals surface area contributed by atoms with Crippen molar-refractivity contribution in [2.45, 2.75) is 26.8 Å². The van der Waals surface area contributed by atoms with Gasteiger partial charge in [-0.05, 0) is 68.3 Å². The van der Waals surface area contributed by atoms with E-state index in [1.807, 2.05) is 88.5 Å². The Morgan fingerprint density at radius 1 is 1.08 bits per heavy atom. The highest BCUT2D eigenvalue weighted by Crippen LogP contribution is 2.31.